The van der Waals surface area contributed by atoms with E-state index in [9.17, 15) is 0 Å². The predicted octanol–water partition coefficient (Wildman–Crippen LogP) is 3.04. The van der Waals surface area contributed by atoms with Gasteiger partial charge in [0, 0.05) is 23.3 Å². The highest BCUT2D eigenvalue weighted by atomic mass is 32.2. The van der Waals surface area contributed by atoms with Crippen molar-refractivity contribution in [2.45, 2.75) is 29.3 Å². The van der Waals surface area contributed by atoms with Crippen molar-refractivity contribution < 1.29 is 0 Å². The maximum absolute atomic E-state index is 6.10. The van der Waals surface area contributed by atoms with E-state index in [1.807, 2.05) is 12.1 Å². The van der Waals surface area contributed by atoms with Crippen molar-refractivity contribution >= 4 is 11.8 Å². The zero-order chi connectivity index (χ0) is 12.1. The molecule has 4 heteroatoms. The molecule has 0 fully saturated rings. The van der Waals surface area contributed by atoms with Crippen LogP contribution in [0.5, 0.6) is 0 Å². The molecule has 0 aliphatic heterocycles. The van der Waals surface area contributed by atoms with Crippen molar-refractivity contribution in [3.63, 3.8) is 0 Å². The number of nitrogens with two attached hydrogens (primary N) is 1. The average Bonchev–Trinajstić information content (AvgIpc) is 2.40. The molecule has 2 rings (SSSR count). The molecule has 88 valence electrons. The van der Waals surface area contributed by atoms with Gasteiger partial charge in [0.05, 0.1) is 6.20 Å². The number of nitrogens with zero attached hydrogens (tertiary/aromatic N) is 2. The fourth-order valence-corrected chi connectivity index (χ4v) is 2.49. The van der Waals surface area contributed by atoms with Crippen molar-refractivity contribution in [2.75, 3.05) is 0 Å². The highest BCUT2D eigenvalue weighted by Crippen LogP contribution is 2.31. The Balaban J connectivity index is 2.27. The molecule has 17 heavy (non-hydrogen) atoms. The monoisotopic (exact) mass is 245 g/mol. The van der Waals surface area contributed by atoms with Crippen molar-refractivity contribution in [3.05, 3.63) is 48.4 Å². The van der Waals surface area contributed by atoms with Crippen LogP contribution in [0.3, 0.4) is 0 Å². The molecule has 1 aromatic heterocycles. The molecule has 0 radical (unpaired) electrons. The molecule has 0 saturated carbocycles. The lowest BCUT2D eigenvalue weighted by Crippen LogP contribution is -2.09. The van der Waals surface area contributed by atoms with Gasteiger partial charge in [0.1, 0.15) is 5.03 Å². The second kappa shape index (κ2) is 5.80. The average molecular weight is 245 g/mol. The van der Waals surface area contributed by atoms with E-state index in [1.54, 1.807) is 30.4 Å². The number of hydrogen-bond acceptors (Lipinski definition) is 4. The molecular formula is C13H15N3S. The summed E-state index contributed by atoms with van der Waals surface area (Å²) in [6.45, 7) is 2.09. The van der Waals surface area contributed by atoms with Crippen LogP contribution in [0.15, 0.2) is 52.8 Å². The Bertz CT molecular complexity index is 473. The quantitative estimate of drug-likeness (QED) is 0.899. The first-order chi connectivity index (χ1) is 8.31. The smallest absolute Gasteiger partial charge is 0.119 e. The van der Waals surface area contributed by atoms with Gasteiger partial charge in [-0.05, 0) is 18.1 Å². The lowest BCUT2D eigenvalue weighted by atomic mass is 10.1. The first-order valence-electron chi connectivity index (χ1n) is 5.59. The largest absolute Gasteiger partial charge is 0.324 e. The molecule has 2 aromatic rings. The van der Waals surface area contributed by atoms with E-state index in [4.69, 9.17) is 5.73 Å². The summed E-state index contributed by atoms with van der Waals surface area (Å²) in [6.07, 6.45) is 6.06. The van der Waals surface area contributed by atoms with Gasteiger partial charge >= 0.3 is 0 Å². The highest BCUT2D eigenvalue weighted by molar-refractivity contribution is 7.99. The van der Waals surface area contributed by atoms with E-state index in [2.05, 4.69) is 29.0 Å². The van der Waals surface area contributed by atoms with Crippen LogP contribution in [0.1, 0.15) is 24.9 Å². The topological polar surface area (TPSA) is 51.8 Å². The van der Waals surface area contributed by atoms with Crippen LogP contribution >= 0.6 is 11.8 Å². The lowest BCUT2D eigenvalue weighted by Gasteiger charge is -2.13. The van der Waals surface area contributed by atoms with E-state index >= 15 is 0 Å². The van der Waals surface area contributed by atoms with Gasteiger partial charge in [0.2, 0.25) is 0 Å². The summed E-state index contributed by atoms with van der Waals surface area (Å²) in [4.78, 5) is 9.48. The number of aromatic nitrogens is 2. The Kier molecular flexibility index (Phi) is 4.12. The van der Waals surface area contributed by atoms with Gasteiger partial charge < -0.3 is 5.73 Å². The van der Waals surface area contributed by atoms with Crippen LogP contribution in [-0.2, 0) is 0 Å². The van der Waals surface area contributed by atoms with Gasteiger partial charge in [-0.25, -0.2) is 4.98 Å². The van der Waals surface area contributed by atoms with Gasteiger partial charge in [-0.2, -0.15) is 0 Å². The Labute approximate surface area is 105 Å². The molecule has 0 bridgehead atoms. The Morgan fingerprint density at radius 3 is 2.82 bits per heavy atom. The molecule has 3 nitrogen and oxygen atoms in total. The second-order valence-electron chi connectivity index (χ2n) is 3.70. The van der Waals surface area contributed by atoms with Gasteiger partial charge in [0.15, 0.2) is 0 Å². The second-order valence-corrected chi connectivity index (χ2v) is 4.76. The third kappa shape index (κ3) is 3.05. The lowest BCUT2D eigenvalue weighted by molar-refractivity contribution is 0.685. The Morgan fingerprint density at radius 1 is 1.29 bits per heavy atom. The van der Waals surface area contributed by atoms with E-state index in [-0.39, 0.29) is 6.04 Å². The van der Waals surface area contributed by atoms with Crippen molar-refractivity contribution in [2.24, 2.45) is 5.73 Å². The molecule has 0 amide bonds. The minimum atomic E-state index is 0.0790. The van der Waals surface area contributed by atoms with Crippen LogP contribution in [-0.4, -0.2) is 9.97 Å². The van der Waals surface area contributed by atoms with Crippen molar-refractivity contribution in [1.29, 1.82) is 0 Å². The summed E-state index contributed by atoms with van der Waals surface area (Å²) in [7, 11) is 0. The molecule has 0 saturated heterocycles. The first kappa shape index (κ1) is 12.1. The first-order valence-corrected chi connectivity index (χ1v) is 6.41. The van der Waals surface area contributed by atoms with Gasteiger partial charge in [-0.15, -0.1) is 0 Å². The normalized spacial score (nSPS) is 12.4. The van der Waals surface area contributed by atoms with Gasteiger partial charge in [-0.3, -0.25) is 4.98 Å². The van der Waals surface area contributed by atoms with E-state index in [0.717, 1.165) is 16.3 Å². The molecule has 2 N–H and O–H groups in total. The Hall–Kier alpha value is -1.39. The fraction of sp³-hybridized carbons (Fsp3) is 0.231. The SMILES string of the molecule is CC[C@H](N)c1ccccc1Sc1cnccn1. The molecule has 0 spiro atoms. The number of rotatable bonds is 4. The summed E-state index contributed by atoms with van der Waals surface area (Å²) in [5.74, 6) is 0. The van der Waals surface area contributed by atoms with Crippen LogP contribution in [0, 0.1) is 0 Å². The molecule has 0 unspecified atom stereocenters. The van der Waals surface area contributed by atoms with Crippen molar-refractivity contribution in [3.8, 4) is 0 Å². The minimum absolute atomic E-state index is 0.0790. The van der Waals surface area contributed by atoms with E-state index in [0.29, 0.717) is 0 Å². The molecular weight excluding hydrogens is 230 g/mol. The summed E-state index contributed by atoms with van der Waals surface area (Å²) >= 11 is 1.60. The molecule has 1 aromatic carbocycles. The zero-order valence-corrected chi connectivity index (χ0v) is 10.5. The van der Waals surface area contributed by atoms with Gasteiger partial charge in [-0.1, -0.05) is 36.9 Å². The van der Waals surface area contributed by atoms with Crippen molar-refractivity contribution in [1.82, 2.24) is 9.97 Å². The zero-order valence-electron chi connectivity index (χ0n) is 9.71. The van der Waals surface area contributed by atoms with Crippen LogP contribution in [0.2, 0.25) is 0 Å². The summed E-state index contributed by atoms with van der Waals surface area (Å²) in [5, 5.41) is 0.892. The number of benzene rings is 1. The summed E-state index contributed by atoms with van der Waals surface area (Å²) < 4.78 is 0. The van der Waals surface area contributed by atoms with Gasteiger partial charge in [0.25, 0.3) is 0 Å². The maximum Gasteiger partial charge on any atom is 0.119 e. The molecule has 0 aliphatic carbocycles. The van der Waals surface area contributed by atoms with Crippen LogP contribution < -0.4 is 5.73 Å². The molecule has 1 heterocycles. The highest BCUT2D eigenvalue weighted by Gasteiger charge is 2.10. The third-order valence-corrected chi connectivity index (χ3v) is 3.52. The van der Waals surface area contributed by atoms with Crippen LogP contribution in [0.4, 0.5) is 0 Å². The minimum Gasteiger partial charge on any atom is -0.324 e. The fourth-order valence-electron chi connectivity index (χ4n) is 1.55. The third-order valence-electron chi connectivity index (χ3n) is 2.51. The van der Waals surface area contributed by atoms with E-state index in [1.165, 1.54) is 5.56 Å². The van der Waals surface area contributed by atoms with E-state index < -0.39 is 0 Å². The standard InChI is InChI=1S/C13H15N3S/c1-2-11(14)10-5-3-4-6-12(10)17-13-9-15-7-8-16-13/h3-9,11H,2,14H2,1H3/t11-/m0/s1. The summed E-state index contributed by atoms with van der Waals surface area (Å²) in [6, 6.07) is 8.27. The Morgan fingerprint density at radius 2 is 2.12 bits per heavy atom. The molecule has 0 aliphatic rings. The predicted molar refractivity (Wildman–Crippen MR) is 69.8 cm³/mol. The maximum atomic E-state index is 6.10. The molecule has 1 atom stereocenters. The number of hydrogen-bond donors (Lipinski definition) is 1. The van der Waals surface area contributed by atoms with Crippen LogP contribution in [0.25, 0.3) is 0 Å². The summed E-state index contributed by atoms with van der Waals surface area (Å²) in [5.41, 5.74) is 7.27.